The van der Waals surface area contributed by atoms with Crippen LogP contribution in [-0.4, -0.2) is 66.7 Å². The number of guanidine groups is 1. The second-order valence-electron chi connectivity index (χ2n) is 6.27. The molecule has 0 bridgehead atoms. The molecule has 1 aromatic carbocycles. The van der Waals surface area contributed by atoms with E-state index in [0.29, 0.717) is 6.61 Å². The smallest absolute Gasteiger partial charge is 0.225 e. The average molecular weight is 496 g/mol. The summed E-state index contributed by atoms with van der Waals surface area (Å²) in [5.74, 6) is 2.69. The molecule has 1 aliphatic heterocycles. The molecule has 3 rings (SSSR count). The normalized spacial score (nSPS) is 14.4. The summed E-state index contributed by atoms with van der Waals surface area (Å²) in [4.78, 5) is 18.0. The lowest BCUT2D eigenvalue weighted by molar-refractivity contribution is 0.312. The highest BCUT2D eigenvalue weighted by atomic mass is 127. The second kappa shape index (κ2) is 12.4. The zero-order valence-corrected chi connectivity index (χ0v) is 18.7. The first-order valence-corrected chi connectivity index (χ1v) is 9.60. The van der Waals surface area contributed by atoms with Crippen LogP contribution in [0.25, 0.3) is 0 Å². The molecule has 0 unspecified atom stereocenters. The minimum absolute atomic E-state index is 0. The van der Waals surface area contributed by atoms with Crippen LogP contribution in [0.1, 0.15) is 13.3 Å². The minimum Gasteiger partial charge on any atom is -0.494 e. The summed E-state index contributed by atoms with van der Waals surface area (Å²) in [6.45, 7) is 7.99. The minimum atomic E-state index is 0. The molecular formula is C20H29IN6O. The van der Waals surface area contributed by atoms with E-state index in [-0.39, 0.29) is 24.0 Å². The molecule has 1 fully saturated rings. The zero-order chi connectivity index (χ0) is 18.7. The van der Waals surface area contributed by atoms with E-state index >= 15 is 0 Å². The molecule has 0 radical (unpaired) electrons. The third-order valence-corrected chi connectivity index (χ3v) is 4.33. The van der Waals surface area contributed by atoms with Crippen molar-refractivity contribution in [1.29, 1.82) is 0 Å². The van der Waals surface area contributed by atoms with Gasteiger partial charge in [-0.1, -0.05) is 18.2 Å². The Morgan fingerprint density at radius 2 is 1.79 bits per heavy atom. The van der Waals surface area contributed by atoms with Crippen LogP contribution < -0.4 is 15.0 Å². The number of rotatable bonds is 7. The lowest BCUT2D eigenvalue weighted by atomic mass is 10.3. The molecule has 1 N–H and O–H groups in total. The van der Waals surface area contributed by atoms with Crippen molar-refractivity contribution in [3.8, 4) is 5.75 Å². The third-order valence-electron chi connectivity index (χ3n) is 4.33. The summed E-state index contributed by atoms with van der Waals surface area (Å²) < 4.78 is 5.73. The van der Waals surface area contributed by atoms with Crippen LogP contribution >= 0.6 is 24.0 Å². The van der Waals surface area contributed by atoms with Gasteiger partial charge in [0.2, 0.25) is 5.95 Å². The molecule has 0 atom stereocenters. The number of nitrogens with zero attached hydrogens (tertiary/aromatic N) is 5. The SMILES string of the molecule is CCNC(=NCCCOc1ccccc1)N1CCN(c2ncccn2)CC1.I. The van der Waals surface area contributed by atoms with Crippen molar-refractivity contribution < 1.29 is 4.74 Å². The predicted octanol–water partition coefficient (Wildman–Crippen LogP) is 2.65. The van der Waals surface area contributed by atoms with E-state index in [0.717, 1.165) is 63.3 Å². The van der Waals surface area contributed by atoms with E-state index in [2.05, 4.69) is 32.0 Å². The highest BCUT2D eigenvalue weighted by Gasteiger charge is 2.20. The van der Waals surface area contributed by atoms with Crippen molar-refractivity contribution in [2.45, 2.75) is 13.3 Å². The largest absolute Gasteiger partial charge is 0.494 e. The van der Waals surface area contributed by atoms with Crippen LogP contribution in [0.15, 0.2) is 53.8 Å². The van der Waals surface area contributed by atoms with Gasteiger partial charge in [0.05, 0.1) is 6.61 Å². The molecule has 2 aromatic rings. The fourth-order valence-electron chi connectivity index (χ4n) is 2.95. The molecule has 0 spiro atoms. The Hall–Kier alpha value is -2.10. The number of aromatic nitrogens is 2. The van der Waals surface area contributed by atoms with Crippen molar-refractivity contribution in [1.82, 2.24) is 20.2 Å². The van der Waals surface area contributed by atoms with Gasteiger partial charge in [-0.2, -0.15) is 0 Å². The van der Waals surface area contributed by atoms with Crippen molar-refractivity contribution in [2.75, 3.05) is 50.8 Å². The van der Waals surface area contributed by atoms with E-state index in [1.165, 1.54) is 0 Å². The number of aliphatic imine (C=N–C) groups is 1. The number of halogens is 1. The second-order valence-corrected chi connectivity index (χ2v) is 6.27. The van der Waals surface area contributed by atoms with Crippen LogP contribution in [0.3, 0.4) is 0 Å². The monoisotopic (exact) mass is 496 g/mol. The Balaban J connectivity index is 0.00000280. The standard InChI is InChI=1S/C20H28N6O.HI/c1-2-21-19(24-12-7-17-27-18-8-4-3-5-9-18)25-13-15-26(16-14-25)20-22-10-6-11-23-20;/h3-6,8-11H,2,7,12-17H2,1H3,(H,21,24);1H. The Morgan fingerprint density at radius 3 is 2.46 bits per heavy atom. The Morgan fingerprint density at radius 1 is 1.07 bits per heavy atom. The number of hydrogen-bond acceptors (Lipinski definition) is 5. The summed E-state index contributed by atoms with van der Waals surface area (Å²) in [5.41, 5.74) is 0. The van der Waals surface area contributed by atoms with Crippen molar-refractivity contribution in [3.63, 3.8) is 0 Å². The van der Waals surface area contributed by atoms with Gasteiger partial charge in [-0.3, -0.25) is 4.99 Å². The topological polar surface area (TPSA) is 65.9 Å². The lowest BCUT2D eigenvalue weighted by Gasteiger charge is -2.36. The van der Waals surface area contributed by atoms with E-state index in [9.17, 15) is 0 Å². The van der Waals surface area contributed by atoms with E-state index < -0.39 is 0 Å². The quantitative estimate of drug-likeness (QED) is 0.275. The van der Waals surface area contributed by atoms with E-state index in [1.54, 1.807) is 12.4 Å². The van der Waals surface area contributed by atoms with E-state index in [1.807, 2.05) is 36.4 Å². The van der Waals surface area contributed by atoms with Gasteiger partial charge < -0.3 is 19.9 Å². The summed E-state index contributed by atoms with van der Waals surface area (Å²) in [6, 6.07) is 11.8. The van der Waals surface area contributed by atoms with Gasteiger partial charge >= 0.3 is 0 Å². The molecule has 8 heteroatoms. The molecule has 0 aliphatic carbocycles. The maximum absolute atomic E-state index is 5.73. The molecule has 1 aromatic heterocycles. The van der Waals surface area contributed by atoms with Gasteiger partial charge in [0.25, 0.3) is 0 Å². The summed E-state index contributed by atoms with van der Waals surface area (Å²) in [5, 5.41) is 3.40. The Labute approximate surface area is 184 Å². The van der Waals surface area contributed by atoms with Gasteiger partial charge in [-0.15, -0.1) is 24.0 Å². The van der Waals surface area contributed by atoms with Gasteiger partial charge in [0.15, 0.2) is 5.96 Å². The van der Waals surface area contributed by atoms with Gasteiger partial charge in [-0.25, -0.2) is 9.97 Å². The number of para-hydroxylation sites is 1. The number of anilines is 1. The maximum atomic E-state index is 5.73. The predicted molar refractivity (Wildman–Crippen MR) is 124 cm³/mol. The average Bonchev–Trinajstić information content (AvgIpc) is 2.74. The summed E-state index contributed by atoms with van der Waals surface area (Å²) >= 11 is 0. The summed E-state index contributed by atoms with van der Waals surface area (Å²) in [6.07, 6.45) is 4.47. The van der Waals surface area contributed by atoms with Crippen LogP contribution in [0, 0.1) is 0 Å². The van der Waals surface area contributed by atoms with Gasteiger partial charge in [0, 0.05) is 58.1 Å². The van der Waals surface area contributed by atoms with Gasteiger partial charge in [-0.05, 0) is 25.1 Å². The molecular weight excluding hydrogens is 467 g/mol. The fraction of sp³-hybridized carbons (Fsp3) is 0.450. The maximum Gasteiger partial charge on any atom is 0.225 e. The fourth-order valence-corrected chi connectivity index (χ4v) is 2.95. The highest BCUT2D eigenvalue weighted by molar-refractivity contribution is 14.0. The van der Waals surface area contributed by atoms with Crippen LogP contribution in [-0.2, 0) is 0 Å². The first-order valence-electron chi connectivity index (χ1n) is 9.60. The van der Waals surface area contributed by atoms with Crippen LogP contribution in [0.2, 0.25) is 0 Å². The summed E-state index contributed by atoms with van der Waals surface area (Å²) in [7, 11) is 0. The molecule has 2 heterocycles. The van der Waals surface area contributed by atoms with Crippen LogP contribution in [0.4, 0.5) is 5.95 Å². The molecule has 28 heavy (non-hydrogen) atoms. The molecule has 0 amide bonds. The van der Waals surface area contributed by atoms with Gasteiger partial charge in [0.1, 0.15) is 5.75 Å². The molecule has 1 saturated heterocycles. The highest BCUT2D eigenvalue weighted by Crippen LogP contribution is 2.10. The number of hydrogen-bond donors (Lipinski definition) is 1. The molecule has 152 valence electrons. The molecule has 7 nitrogen and oxygen atoms in total. The number of nitrogens with one attached hydrogen (secondary N) is 1. The Bertz CT molecular complexity index is 692. The van der Waals surface area contributed by atoms with E-state index in [4.69, 9.17) is 9.73 Å². The van der Waals surface area contributed by atoms with Crippen molar-refractivity contribution in [2.24, 2.45) is 4.99 Å². The molecule has 0 saturated carbocycles. The van der Waals surface area contributed by atoms with Crippen molar-refractivity contribution >= 4 is 35.9 Å². The first-order chi connectivity index (χ1) is 13.4. The number of benzene rings is 1. The first kappa shape index (κ1) is 22.2. The Kier molecular flexibility index (Phi) is 9.81. The number of ether oxygens (including phenoxy) is 1. The van der Waals surface area contributed by atoms with Crippen LogP contribution in [0.5, 0.6) is 5.75 Å². The zero-order valence-electron chi connectivity index (χ0n) is 16.3. The number of piperazine rings is 1. The lowest BCUT2D eigenvalue weighted by Crippen LogP contribution is -2.53. The van der Waals surface area contributed by atoms with Crippen molar-refractivity contribution in [3.05, 3.63) is 48.8 Å². The molecule has 1 aliphatic rings. The third kappa shape index (κ3) is 6.81.